The maximum Gasteiger partial charge on any atom is 0.372 e. The van der Waals surface area contributed by atoms with Crippen LogP contribution >= 0.6 is 0 Å². The number of carbonyl (C=O) groups is 4. The van der Waals surface area contributed by atoms with E-state index in [1.54, 1.807) is 0 Å². The molecule has 0 amide bonds. The van der Waals surface area contributed by atoms with Crippen LogP contribution in [0, 0.1) is 0 Å². The summed E-state index contributed by atoms with van der Waals surface area (Å²) in [5, 5.41) is 8.40. The number of carboxylic acid groups (broad SMARTS) is 1. The monoisotopic (exact) mass is 496 g/mol. The average Bonchev–Trinajstić information content (AvgIpc) is 2.80. The summed E-state index contributed by atoms with van der Waals surface area (Å²) in [4.78, 5) is 43.0. The van der Waals surface area contributed by atoms with E-state index in [0.29, 0.717) is 72.7 Å². The SMILES string of the molecule is CC(=O)OCCOCCOCCOCCOCCOCCOCCOC(=O)CCC(=O)C(=O)O. The van der Waals surface area contributed by atoms with Gasteiger partial charge in [0.15, 0.2) is 0 Å². The molecule has 0 aliphatic heterocycles. The van der Waals surface area contributed by atoms with Crippen molar-refractivity contribution in [3.05, 3.63) is 0 Å². The van der Waals surface area contributed by atoms with Gasteiger partial charge in [-0.05, 0) is 0 Å². The Labute approximate surface area is 198 Å². The van der Waals surface area contributed by atoms with Crippen LogP contribution in [-0.2, 0) is 57.1 Å². The second-order valence-corrected chi connectivity index (χ2v) is 6.46. The van der Waals surface area contributed by atoms with Gasteiger partial charge in [-0.15, -0.1) is 0 Å². The largest absolute Gasteiger partial charge is 0.476 e. The van der Waals surface area contributed by atoms with Crippen molar-refractivity contribution in [1.29, 1.82) is 0 Å². The molecule has 0 spiro atoms. The van der Waals surface area contributed by atoms with Gasteiger partial charge >= 0.3 is 17.9 Å². The van der Waals surface area contributed by atoms with Crippen LogP contribution in [0.3, 0.4) is 0 Å². The second kappa shape index (κ2) is 24.0. The molecular weight excluding hydrogens is 460 g/mol. The lowest BCUT2D eigenvalue weighted by molar-refractivity contribution is -0.151. The van der Waals surface area contributed by atoms with Crippen LogP contribution in [0.2, 0.25) is 0 Å². The zero-order valence-corrected chi connectivity index (χ0v) is 19.7. The van der Waals surface area contributed by atoms with Gasteiger partial charge < -0.3 is 43.0 Å². The predicted molar refractivity (Wildman–Crippen MR) is 114 cm³/mol. The average molecular weight is 497 g/mol. The van der Waals surface area contributed by atoms with Crippen molar-refractivity contribution in [2.45, 2.75) is 19.8 Å². The summed E-state index contributed by atoms with van der Waals surface area (Å²) in [6.07, 6.45) is -0.659. The second-order valence-electron chi connectivity index (χ2n) is 6.46. The Morgan fingerprint density at radius 2 is 0.824 bits per heavy atom. The lowest BCUT2D eigenvalue weighted by Gasteiger charge is -2.08. The number of ketones is 1. The van der Waals surface area contributed by atoms with E-state index in [9.17, 15) is 19.2 Å². The number of carboxylic acids is 1. The number of carbonyl (C=O) groups excluding carboxylic acids is 3. The predicted octanol–water partition coefficient (Wildman–Crippen LogP) is -0.374. The standard InChI is InChI=1S/C21H36O13/c1-18(22)33-16-14-31-12-10-29-8-6-27-4-5-28-7-9-30-11-13-32-15-17-34-20(24)3-2-19(23)21(25)26/h2-17H2,1H3,(H,25,26). The molecule has 0 heterocycles. The third kappa shape index (κ3) is 24.5. The highest BCUT2D eigenvalue weighted by Crippen LogP contribution is 1.95. The zero-order valence-electron chi connectivity index (χ0n) is 19.7. The van der Waals surface area contributed by atoms with Crippen LogP contribution in [0.5, 0.6) is 0 Å². The Bertz CT molecular complexity index is 553. The first-order valence-electron chi connectivity index (χ1n) is 10.9. The number of hydrogen-bond acceptors (Lipinski definition) is 12. The fraction of sp³-hybridized carbons (Fsp3) is 0.810. The highest BCUT2D eigenvalue weighted by atomic mass is 16.6. The number of rotatable bonds is 25. The Hall–Kier alpha value is -2.16. The number of aliphatic carboxylic acids is 1. The Balaban J connectivity index is 3.16. The topological polar surface area (TPSA) is 162 Å². The van der Waals surface area contributed by atoms with Crippen molar-refractivity contribution >= 4 is 23.7 Å². The molecule has 0 aromatic rings. The minimum absolute atomic E-state index is 0.0136. The lowest BCUT2D eigenvalue weighted by atomic mass is 10.2. The Kier molecular flexibility index (Phi) is 22.5. The summed E-state index contributed by atoms with van der Waals surface area (Å²) in [5.74, 6) is -3.57. The lowest BCUT2D eigenvalue weighted by Crippen LogP contribution is -2.17. The van der Waals surface area contributed by atoms with Gasteiger partial charge in [0.25, 0.3) is 0 Å². The minimum Gasteiger partial charge on any atom is -0.476 e. The fourth-order valence-electron chi connectivity index (χ4n) is 2.06. The maximum atomic E-state index is 11.3. The molecule has 13 heteroatoms. The highest BCUT2D eigenvalue weighted by molar-refractivity contribution is 6.32. The molecule has 0 aromatic heterocycles. The smallest absolute Gasteiger partial charge is 0.372 e. The highest BCUT2D eigenvalue weighted by Gasteiger charge is 2.14. The molecule has 0 radical (unpaired) electrons. The van der Waals surface area contributed by atoms with Crippen molar-refractivity contribution < 1.29 is 62.2 Å². The zero-order chi connectivity index (χ0) is 25.3. The molecule has 0 saturated carbocycles. The quantitative estimate of drug-likeness (QED) is 0.0990. The van der Waals surface area contributed by atoms with Crippen LogP contribution in [0.4, 0.5) is 0 Å². The number of esters is 2. The van der Waals surface area contributed by atoms with Crippen LogP contribution in [-0.4, -0.2) is 121 Å². The van der Waals surface area contributed by atoms with Crippen molar-refractivity contribution in [2.75, 3.05) is 92.5 Å². The summed E-state index contributed by atoms with van der Waals surface area (Å²) in [5.41, 5.74) is 0. The van der Waals surface area contributed by atoms with E-state index in [-0.39, 0.29) is 38.6 Å². The van der Waals surface area contributed by atoms with Gasteiger partial charge in [0.1, 0.15) is 13.2 Å². The molecular formula is C21H36O13. The van der Waals surface area contributed by atoms with Gasteiger partial charge in [-0.1, -0.05) is 0 Å². The first-order chi connectivity index (χ1) is 16.4. The molecule has 1 N–H and O–H groups in total. The van der Waals surface area contributed by atoms with Gasteiger partial charge in [-0.3, -0.25) is 14.4 Å². The minimum atomic E-state index is -1.56. The molecule has 0 aliphatic carbocycles. The molecule has 0 bridgehead atoms. The number of ether oxygens (including phenoxy) is 8. The first kappa shape index (κ1) is 31.8. The summed E-state index contributed by atoms with van der Waals surface area (Å²) < 4.78 is 41.3. The first-order valence-corrected chi connectivity index (χ1v) is 10.9. The molecule has 34 heavy (non-hydrogen) atoms. The molecule has 0 rings (SSSR count). The molecule has 0 aliphatic rings. The van der Waals surface area contributed by atoms with Gasteiger partial charge in [0, 0.05) is 13.3 Å². The normalized spacial score (nSPS) is 10.7. The van der Waals surface area contributed by atoms with Crippen LogP contribution < -0.4 is 0 Å². The van der Waals surface area contributed by atoms with Crippen LogP contribution in [0.25, 0.3) is 0 Å². The van der Waals surface area contributed by atoms with E-state index in [0.717, 1.165) is 0 Å². The van der Waals surface area contributed by atoms with Gasteiger partial charge in [0.05, 0.1) is 85.7 Å². The fourth-order valence-corrected chi connectivity index (χ4v) is 2.06. The molecule has 0 fully saturated rings. The third-order valence-corrected chi connectivity index (χ3v) is 3.68. The summed E-state index contributed by atoms with van der Waals surface area (Å²) in [6, 6.07) is 0. The Morgan fingerprint density at radius 3 is 1.15 bits per heavy atom. The molecule has 0 unspecified atom stereocenters. The number of hydrogen-bond donors (Lipinski definition) is 1. The van der Waals surface area contributed by atoms with E-state index < -0.39 is 17.7 Å². The van der Waals surface area contributed by atoms with Crippen molar-refractivity contribution in [3.8, 4) is 0 Å². The van der Waals surface area contributed by atoms with Crippen molar-refractivity contribution in [3.63, 3.8) is 0 Å². The third-order valence-electron chi connectivity index (χ3n) is 3.68. The maximum absolute atomic E-state index is 11.3. The van der Waals surface area contributed by atoms with Gasteiger partial charge in [-0.2, -0.15) is 0 Å². The molecule has 198 valence electrons. The van der Waals surface area contributed by atoms with Crippen molar-refractivity contribution in [2.24, 2.45) is 0 Å². The van der Waals surface area contributed by atoms with Gasteiger partial charge in [-0.25, -0.2) is 4.79 Å². The molecule has 0 aromatic carbocycles. The number of Topliss-reactive ketones (excluding diaryl/α,β-unsaturated/α-hetero) is 1. The Morgan fingerprint density at radius 1 is 0.500 bits per heavy atom. The summed E-state index contributed by atoms with van der Waals surface area (Å²) in [6.45, 7) is 6.20. The molecule has 0 saturated heterocycles. The molecule has 13 nitrogen and oxygen atoms in total. The van der Waals surface area contributed by atoms with E-state index in [1.165, 1.54) is 6.92 Å². The van der Waals surface area contributed by atoms with E-state index >= 15 is 0 Å². The van der Waals surface area contributed by atoms with Crippen LogP contribution in [0.15, 0.2) is 0 Å². The molecule has 0 atom stereocenters. The van der Waals surface area contributed by atoms with Crippen molar-refractivity contribution in [1.82, 2.24) is 0 Å². The van der Waals surface area contributed by atoms with Crippen LogP contribution in [0.1, 0.15) is 19.8 Å². The van der Waals surface area contributed by atoms with E-state index in [1.807, 2.05) is 0 Å². The van der Waals surface area contributed by atoms with Gasteiger partial charge in [0.2, 0.25) is 5.78 Å². The summed E-state index contributed by atoms with van der Waals surface area (Å²) >= 11 is 0. The van der Waals surface area contributed by atoms with E-state index in [4.69, 9.17) is 43.0 Å². The van der Waals surface area contributed by atoms with E-state index in [2.05, 4.69) is 0 Å². The summed E-state index contributed by atoms with van der Waals surface area (Å²) in [7, 11) is 0.